The molecule has 0 radical (unpaired) electrons. The topological polar surface area (TPSA) is 92.6 Å². The number of hydrogen-bond donors (Lipinski definition) is 3. The quantitative estimate of drug-likeness (QED) is 0.743. The molecule has 4 N–H and O–H groups in total. The Morgan fingerprint density at radius 1 is 1.67 bits per heavy atom. The van der Waals surface area contributed by atoms with Crippen molar-refractivity contribution in [3.05, 3.63) is 29.8 Å². The van der Waals surface area contributed by atoms with Gasteiger partial charge in [0, 0.05) is 24.3 Å². The molecule has 1 unspecified atom stereocenters. The summed E-state index contributed by atoms with van der Waals surface area (Å²) in [6.45, 7) is 2.01. The Labute approximate surface area is 104 Å². The summed E-state index contributed by atoms with van der Waals surface area (Å²) in [7, 11) is 1.86. The standard InChI is InChI=1S/C12H16N4O2/c1-7(14-2)5-10-15-11(12(17)18)9-6-8(13)3-4-16(9)10/h3-4,6-7,14H,5,13H2,1-2H3,(H,17,18). The molecule has 0 fully saturated rings. The van der Waals surface area contributed by atoms with Crippen LogP contribution in [-0.2, 0) is 6.42 Å². The minimum atomic E-state index is -1.04. The van der Waals surface area contributed by atoms with Gasteiger partial charge in [0.1, 0.15) is 5.82 Å². The van der Waals surface area contributed by atoms with Crippen molar-refractivity contribution in [2.75, 3.05) is 12.8 Å². The predicted molar refractivity (Wildman–Crippen MR) is 68.8 cm³/mol. The van der Waals surface area contributed by atoms with E-state index in [2.05, 4.69) is 10.3 Å². The molecule has 2 rings (SSSR count). The van der Waals surface area contributed by atoms with Crippen LogP contribution in [0.25, 0.3) is 5.52 Å². The number of aromatic nitrogens is 2. The number of fused-ring (bicyclic) bond motifs is 1. The van der Waals surface area contributed by atoms with E-state index in [1.165, 1.54) is 0 Å². The van der Waals surface area contributed by atoms with Gasteiger partial charge in [-0.25, -0.2) is 9.78 Å². The van der Waals surface area contributed by atoms with E-state index < -0.39 is 5.97 Å². The maximum absolute atomic E-state index is 11.2. The third-order valence-electron chi connectivity index (χ3n) is 2.92. The number of nitrogens with zero attached hydrogens (tertiary/aromatic N) is 2. The Bertz CT molecular complexity index is 591. The highest BCUT2D eigenvalue weighted by Crippen LogP contribution is 2.17. The van der Waals surface area contributed by atoms with Crippen molar-refractivity contribution < 1.29 is 9.90 Å². The van der Waals surface area contributed by atoms with Crippen molar-refractivity contribution in [1.29, 1.82) is 0 Å². The number of rotatable bonds is 4. The number of nitrogen functional groups attached to an aromatic ring is 1. The zero-order valence-corrected chi connectivity index (χ0v) is 10.3. The number of anilines is 1. The summed E-state index contributed by atoms with van der Waals surface area (Å²) in [4.78, 5) is 15.3. The van der Waals surface area contributed by atoms with Gasteiger partial charge in [0.15, 0.2) is 5.69 Å². The molecule has 2 aromatic rings. The average molecular weight is 248 g/mol. The molecule has 0 amide bonds. The maximum Gasteiger partial charge on any atom is 0.356 e. The third-order valence-corrected chi connectivity index (χ3v) is 2.92. The number of carboxylic acids is 1. The summed E-state index contributed by atoms with van der Waals surface area (Å²) >= 11 is 0. The van der Waals surface area contributed by atoms with Crippen LogP contribution in [0.5, 0.6) is 0 Å². The van der Waals surface area contributed by atoms with Gasteiger partial charge in [0.05, 0.1) is 5.52 Å². The molecule has 0 spiro atoms. The Balaban J connectivity index is 2.57. The first-order chi connectivity index (χ1) is 8.52. The molecular formula is C12H16N4O2. The summed E-state index contributed by atoms with van der Waals surface area (Å²) in [5.41, 5.74) is 6.78. The Hall–Kier alpha value is -2.08. The molecule has 0 aliphatic carbocycles. The number of carbonyl (C=O) groups is 1. The molecule has 18 heavy (non-hydrogen) atoms. The van der Waals surface area contributed by atoms with E-state index in [9.17, 15) is 4.79 Å². The van der Waals surface area contributed by atoms with Crippen LogP contribution in [-0.4, -0.2) is 33.6 Å². The predicted octanol–water partition coefficient (Wildman–Crippen LogP) is 0.765. The molecule has 0 saturated heterocycles. The van der Waals surface area contributed by atoms with Gasteiger partial charge < -0.3 is 20.6 Å². The van der Waals surface area contributed by atoms with E-state index in [-0.39, 0.29) is 11.7 Å². The van der Waals surface area contributed by atoms with Crippen molar-refractivity contribution in [1.82, 2.24) is 14.7 Å². The third kappa shape index (κ3) is 2.14. The molecule has 0 bridgehead atoms. The SMILES string of the molecule is CNC(C)Cc1nc(C(=O)O)c2cc(N)ccn12. The molecule has 0 saturated carbocycles. The number of likely N-dealkylation sites (N-methyl/N-ethyl adjacent to an activating group) is 1. The summed E-state index contributed by atoms with van der Waals surface area (Å²) < 4.78 is 1.77. The fourth-order valence-corrected chi connectivity index (χ4v) is 1.84. The van der Waals surface area contributed by atoms with E-state index in [1.807, 2.05) is 14.0 Å². The van der Waals surface area contributed by atoms with Gasteiger partial charge in [0.25, 0.3) is 0 Å². The molecular weight excluding hydrogens is 232 g/mol. The zero-order chi connectivity index (χ0) is 13.3. The van der Waals surface area contributed by atoms with Crippen LogP contribution < -0.4 is 11.1 Å². The molecule has 2 aromatic heterocycles. The highest BCUT2D eigenvalue weighted by molar-refractivity contribution is 5.94. The highest BCUT2D eigenvalue weighted by atomic mass is 16.4. The molecule has 6 heteroatoms. The zero-order valence-electron chi connectivity index (χ0n) is 10.3. The summed E-state index contributed by atoms with van der Waals surface area (Å²) in [5, 5.41) is 12.2. The fourth-order valence-electron chi connectivity index (χ4n) is 1.84. The number of carboxylic acid groups (broad SMARTS) is 1. The monoisotopic (exact) mass is 248 g/mol. The van der Waals surface area contributed by atoms with Gasteiger partial charge in [-0.1, -0.05) is 0 Å². The second kappa shape index (κ2) is 4.66. The van der Waals surface area contributed by atoms with E-state index in [1.54, 1.807) is 22.7 Å². The Kier molecular flexibility index (Phi) is 3.20. The molecule has 6 nitrogen and oxygen atoms in total. The second-order valence-corrected chi connectivity index (χ2v) is 4.29. The van der Waals surface area contributed by atoms with Crippen molar-refractivity contribution in [2.45, 2.75) is 19.4 Å². The van der Waals surface area contributed by atoms with Gasteiger partial charge >= 0.3 is 5.97 Å². The Morgan fingerprint density at radius 3 is 3.00 bits per heavy atom. The minimum absolute atomic E-state index is 0.0422. The number of pyridine rings is 1. The summed E-state index contributed by atoms with van der Waals surface area (Å²) in [5.74, 6) is -0.328. The van der Waals surface area contributed by atoms with E-state index in [0.29, 0.717) is 23.4 Å². The Morgan fingerprint density at radius 2 is 2.39 bits per heavy atom. The van der Waals surface area contributed by atoms with Crippen LogP contribution in [0.3, 0.4) is 0 Å². The van der Waals surface area contributed by atoms with Gasteiger partial charge in [-0.05, 0) is 26.1 Å². The number of aromatic carboxylic acids is 1. The lowest BCUT2D eigenvalue weighted by atomic mass is 10.2. The lowest BCUT2D eigenvalue weighted by Gasteiger charge is -2.08. The molecule has 0 aromatic carbocycles. The largest absolute Gasteiger partial charge is 0.476 e. The normalized spacial score (nSPS) is 12.8. The first-order valence-electron chi connectivity index (χ1n) is 5.70. The molecule has 0 aliphatic heterocycles. The molecule has 96 valence electrons. The van der Waals surface area contributed by atoms with Gasteiger partial charge in [-0.15, -0.1) is 0 Å². The van der Waals surface area contributed by atoms with E-state index in [0.717, 1.165) is 0 Å². The van der Waals surface area contributed by atoms with Crippen molar-refractivity contribution in [3.63, 3.8) is 0 Å². The van der Waals surface area contributed by atoms with Crippen LogP contribution >= 0.6 is 0 Å². The number of nitrogens with two attached hydrogens (primary N) is 1. The highest BCUT2D eigenvalue weighted by Gasteiger charge is 2.17. The number of hydrogen-bond acceptors (Lipinski definition) is 4. The molecule has 2 heterocycles. The van der Waals surface area contributed by atoms with Crippen molar-refractivity contribution in [3.8, 4) is 0 Å². The van der Waals surface area contributed by atoms with Crippen LogP contribution in [0.4, 0.5) is 5.69 Å². The van der Waals surface area contributed by atoms with Gasteiger partial charge in [0.2, 0.25) is 0 Å². The molecule has 0 aliphatic rings. The van der Waals surface area contributed by atoms with Crippen molar-refractivity contribution in [2.24, 2.45) is 0 Å². The minimum Gasteiger partial charge on any atom is -0.476 e. The lowest BCUT2D eigenvalue weighted by molar-refractivity contribution is 0.0693. The smallest absolute Gasteiger partial charge is 0.356 e. The first-order valence-corrected chi connectivity index (χ1v) is 5.70. The van der Waals surface area contributed by atoms with Gasteiger partial charge in [-0.2, -0.15) is 0 Å². The number of nitrogens with one attached hydrogen (secondary N) is 1. The van der Waals surface area contributed by atoms with Crippen LogP contribution in [0, 0.1) is 0 Å². The summed E-state index contributed by atoms with van der Waals surface area (Å²) in [6.07, 6.45) is 2.40. The number of imidazole rings is 1. The van der Waals surface area contributed by atoms with Gasteiger partial charge in [-0.3, -0.25) is 0 Å². The van der Waals surface area contributed by atoms with Crippen LogP contribution in [0.2, 0.25) is 0 Å². The first kappa shape index (κ1) is 12.4. The van der Waals surface area contributed by atoms with E-state index in [4.69, 9.17) is 10.8 Å². The summed E-state index contributed by atoms with van der Waals surface area (Å²) in [6, 6.07) is 3.58. The lowest BCUT2D eigenvalue weighted by Crippen LogP contribution is -2.24. The molecule has 1 atom stereocenters. The average Bonchev–Trinajstić information content (AvgIpc) is 2.67. The van der Waals surface area contributed by atoms with Crippen LogP contribution in [0.15, 0.2) is 18.3 Å². The van der Waals surface area contributed by atoms with Crippen LogP contribution in [0.1, 0.15) is 23.2 Å². The van der Waals surface area contributed by atoms with E-state index >= 15 is 0 Å². The van der Waals surface area contributed by atoms with Crippen molar-refractivity contribution >= 4 is 17.2 Å². The fraction of sp³-hybridized carbons (Fsp3) is 0.333. The second-order valence-electron chi connectivity index (χ2n) is 4.29. The maximum atomic E-state index is 11.2.